The number of hydrogen-bond acceptors (Lipinski definition) is 4. The van der Waals surface area contributed by atoms with Gasteiger partial charge in [-0.05, 0) is 38.0 Å². The van der Waals surface area contributed by atoms with Gasteiger partial charge < -0.3 is 14.9 Å². The molecule has 1 amide bonds. The second-order valence-corrected chi connectivity index (χ2v) is 6.96. The van der Waals surface area contributed by atoms with Crippen molar-refractivity contribution in [1.82, 2.24) is 14.7 Å². The van der Waals surface area contributed by atoms with E-state index in [1.807, 2.05) is 23.1 Å². The fourth-order valence-corrected chi connectivity index (χ4v) is 3.85. The Kier molecular flexibility index (Phi) is 4.21. The highest BCUT2D eigenvalue weighted by molar-refractivity contribution is 5.93. The molecule has 2 atom stereocenters. The molecule has 1 aromatic heterocycles. The van der Waals surface area contributed by atoms with E-state index in [0.29, 0.717) is 12.2 Å². The van der Waals surface area contributed by atoms with Gasteiger partial charge in [0, 0.05) is 37.9 Å². The molecule has 0 spiro atoms. The molecule has 132 valence electrons. The molecule has 25 heavy (non-hydrogen) atoms. The third-order valence-corrected chi connectivity index (χ3v) is 5.23. The van der Waals surface area contributed by atoms with Gasteiger partial charge in [-0.1, -0.05) is 18.2 Å². The second kappa shape index (κ2) is 6.52. The molecule has 0 aliphatic carbocycles. The lowest BCUT2D eigenvalue weighted by Gasteiger charge is -2.40. The number of piperazine rings is 1. The molecular weight excluding hydrogens is 316 g/mol. The number of hydrogen-bond donors (Lipinski definition) is 1. The molecule has 0 radical (unpaired) electrons. The second-order valence-electron chi connectivity index (χ2n) is 6.96. The summed E-state index contributed by atoms with van der Waals surface area (Å²) in [4.78, 5) is 17.1. The molecule has 0 bridgehead atoms. The number of fused-ring (bicyclic) bond motifs is 1. The van der Waals surface area contributed by atoms with E-state index in [0.717, 1.165) is 38.2 Å². The van der Waals surface area contributed by atoms with E-state index in [-0.39, 0.29) is 11.9 Å². The highest BCUT2D eigenvalue weighted by Crippen LogP contribution is 2.26. The third kappa shape index (κ3) is 3.02. The Morgan fingerprint density at radius 1 is 1.20 bits per heavy atom. The molecular formula is C19H24N4O2. The first-order valence-electron chi connectivity index (χ1n) is 9.00. The summed E-state index contributed by atoms with van der Waals surface area (Å²) in [6, 6.07) is 12.2. The lowest BCUT2D eigenvalue weighted by molar-refractivity contribution is 0.0667. The zero-order valence-electron chi connectivity index (χ0n) is 14.5. The Labute approximate surface area is 147 Å². The van der Waals surface area contributed by atoms with Crippen LogP contribution in [-0.4, -0.2) is 51.4 Å². The van der Waals surface area contributed by atoms with E-state index in [2.05, 4.69) is 29.1 Å². The van der Waals surface area contributed by atoms with Gasteiger partial charge in [-0.15, -0.1) is 0 Å². The van der Waals surface area contributed by atoms with Gasteiger partial charge in [0.25, 0.3) is 5.91 Å². The van der Waals surface area contributed by atoms with Crippen molar-refractivity contribution < 1.29 is 9.90 Å². The van der Waals surface area contributed by atoms with Gasteiger partial charge >= 0.3 is 0 Å². The van der Waals surface area contributed by atoms with Crippen LogP contribution in [0, 0.1) is 0 Å². The van der Waals surface area contributed by atoms with Crippen LogP contribution in [0.15, 0.2) is 36.4 Å². The highest BCUT2D eigenvalue weighted by Gasteiger charge is 2.31. The number of aliphatic hydroxyl groups is 1. The summed E-state index contributed by atoms with van der Waals surface area (Å²) in [6.45, 7) is 5.16. The molecule has 1 aromatic carbocycles. The molecule has 1 N–H and O–H groups in total. The lowest BCUT2D eigenvalue weighted by atomic mass is 10.1. The molecule has 0 saturated carbocycles. The van der Waals surface area contributed by atoms with Crippen molar-refractivity contribution in [3.05, 3.63) is 47.8 Å². The number of benzene rings is 1. The van der Waals surface area contributed by atoms with Crippen LogP contribution in [0.2, 0.25) is 0 Å². The summed E-state index contributed by atoms with van der Waals surface area (Å²) in [7, 11) is 0. The van der Waals surface area contributed by atoms with E-state index in [1.165, 1.54) is 5.69 Å². The number of carbonyl (C=O) groups is 1. The Morgan fingerprint density at radius 3 is 2.72 bits per heavy atom. The highest BCUT2D eigenvalue weighted by atomic mass is 16.3. The van der Waals surface area contributed by atoms with Gasteiger partial charge in [0.15, 0.2) is 5.69 Å². The van der Waals surface area contributed by atoms with E-state index in [4.69, 9.17) is 0 Å². The molecule has 6 nitrogen and oxygen atoms in total. The molecule has 2 aliphatic rings. The number of nitrogens with zero attached hydrogens (tertiary/aromatic N) is 4. The van der Waals surface area contributed by atoms with E-state index < -0.39 is 6.10 Å². The topological polar surface area (TPSA) is 61.6 Å². The summed E-state index contributed by atoms with van der Waals surface area (Å²) in [6.07, 6.45) is 1.14. The van der Waals surface area contributed by atoms with Crippen LogP contribution in [0.3, 0.4) is 0 Å². The maximum Gasteiger partial charge on any atom is 0.274 e. The van der Waals surface area contributed by atoms with Crippen molar-refractivity contribution in [2.24, 2.45) is 0 Å². The SMILES string of the molecule is CC1CN(c2ccccc2)CCN1C(=O)c1cc2n(n1)CCCC2O. The first-order chi connectivity index (χ1) is 12.1. The molecule has 2 aliphatic heterocycles. The minimum Gasteiger partial charge on any atom is -0.387 e. The fraction of sp³-hybridized carbons (Fsp3) is 0.474. The zero-order valence-corrected chi connectivity index (χ0v) is 14.5. The fourth-order valence-electron chi connectivity index (χ4n) is 3.85. The van der Waals surface area contributed by atoms with Crippen LogP contribution in [0.25, 0.3) is 0 Å². The van der Waals surface area contributed by atoms with Crippen molar-refractivity contribution >= 4 is 11.6 Å². The van der Waals surface area contributed by atoms with Crippen molar-refractivity contribution in [3.8, 4) is 0 Å². The molecule has 2 unspecified atom stereocenters. The molecule has 6 heteroatoms. The molecule has 3 heterocycles. The maximum absolute atomic E-state index is 12.9. The third-order valence-electron chi connectivity index (χ3n) is 5.23. The van der Waals surface area contributed by atoms with Gasteiger partial charge in [-0.25, -0.2) is 0 Å². The predicted octanol–water partition coefficient (Wildman–Crippen LogP) is 2.06. The van der Waals surface area contributed by atoms with Crippen molar-refractivity contribution in [1.29, 1.82) is 0 Å². The average molecular weight is 340 g/mol. The van der Waals surface area contributed by atoms with Crippen molar-refractivity contribution in [2.75, 3.05) is 24.5 Å². The summed E-state index contributed by atoms with van der Waals surface area (Å²) >= 11 is 0. The summed E-state index contributed by atoms with van der Waals surface area (Å²) in [5, 5.41) is 14.5. The first-order valence-corrected chi connectivity index (χ1v) is 9.00. The first kappa shape index (κ1) is 16.1. The monoisotopic (exact) mass is 340 g/mol. The van der Waals surface area contributed by atoms with Crippen LogP contribution >= 0.6 is 0 Å². The van der Waals surface area contributed by atoms with Gasteiger partial charge in [-0.2, -0.15) is 5.10 Å². The molecule has 1 saturated heterocycles. The minimum absolute atomic E-state index is 0.0330. The summed E-state index contributed by atoms with van der Waals surface area (Å²) in [5.41, 5.74) is 2.42. The molecule has 1 fully saturated rings. The quantitative estimate of drug-likeness (QED) is 0.909. The van der Waals surface area contributed by atoms with Crippen LogP contribution in [0.5, 0.6) is 0 Å². The Morgan fingerprint density at radius 2 is 2.00 bits per heavy atom. The normalized spacial score (nSPS) is 23.4. The predicted molar refractivity (Wildman–Crippen MR) is 95.6 cm³/mol. The van der Waals surface area contributed by atoms with E-state index in [1.54, 1.807) is 10.7 Å². The van der Waals surface area contributed by atoms with Crippen LogP contribution in [-0.2, 0) is 6.54 Å². The number of rotatable bonds is 2. The van der Waals surface area contributed by atoms with Gasteiger partial charge in [0.2, 0.25) is 0 Å². The number of carbonyl (C=O) groups excluding carboxylic acids is 1. The van der Waals surface area contributed by atoms with E-state index >= 15 is 0 Å². The Balaban J connectivity index is 1.48. The van der Waals surface area contributed by atoms with Crippen molar-refractivity contribution in [3.63, 3.8) is 0 Å². The largest absolute Gasteiger partial charge is 0.387 e. The summed E-state index contributed by atoms with van der Waals surface area (Å²) < 4.78 is 1.78. The maximum atomic E-state index is 12.9. The minimum atomic E-state index is -0.504. The van der Waals surface area contributed by atoms with Crippen LogP contribution in [0.1, 0.15) is 42.1 Å². The van der Waals surface area contributed by atoms with Crippen LogP contribution < -0.4 is 4.90 Å². The number of aromatic nitrogens is 2. The summed E-state index contributed by atoms with van der Waals surface area (Å²) in [5.74, 6) is -0.0330. The molecule has 4 rings (SSSR count). The lowest BCUT2D eigenvalue weighted by Crippen LogP contribution is -2.54. The van der Waals surface area contributed by atoms with Crippen molar-refractivity contribution in [2.45, 2.75) is 38.5 Å². The number of para-hydroxylation sites is 1. The number of anilines is 1. The number of aliphatic hydroxyl groups excluding tert-OH is 1. The molecule has 2 aromatic rings. The zero-order chi connectivity index (χ0) is 17.4. The Bertz CT molecular complexity index is 758. The number of amides is 1. The van der Waals surface area contributed by atoms with Gasteiger partial charge in [-0.3, -0.25) is 9.48 Å². The smallest absolute Gasteiger partial charge is 0.274 e. The standard InChI is InChI=1S/C19H24N4O2/c1-14-13-21(15-6-3-2-4-7-15)10-11-22(14)19(25)16-12-17-18(24)8-5-9-23(17)20-16/h2-4,6-7,12,14,18,24H,5,8-11,13H2,1H3. The van der Waals surface area contributed by atoms with Gasteiger partial charge in [0.05, 0.1) is 11.8 Å². The Hall–Kier alpha value is -2.34. The van der Waals surface area contributed by atoms with Crippen LogP contribution in [0.4, 0.5) is 5.69 Å². The number of aryl methyl sites for hydroxylation is 1. The van der Waals surface area contributed by atoms with E-state index in [9.17, 15) is 9.90 Å². The average Bonchev–Trinajstić information content (AvgIpc) is 3.08. The van der Waals surface area contributed by atoms with Gasteiger partial charge in [0.1, 0.15) is 0 Å².